The predicted molar refractivity (Wildman–Crippen MR) is 193 cm³/mol. The molecule has 2 aliphatic carbocycles. The van der Waals surface area contributed by atoms with Gasteiger partial charge >= 0.3 is 0 Å². The third-order valence-corrected chi connectivity index (χ3v) is 11.1. The van der Waals surface area contributed by atoms with Gasteiger partial charge in [0, 0.05) is 48.2 Å². The molecule has 0 bridgehead atoms. The first-order chi connectivity index (χ1) is 22.1. The maximum Gasteiger partial charge on any atom is 0.0465 e. The highest BCUT2D eigenvalue weighted by atomic mass is 32.1. The number of fused-ring (bicyclic) bond motifs is 7. The molecule has 0 fully saturated rings. The molecule has 0 spiro atoms. The van der Waals surface area contributed by atoms with E-state index in [-0.39, 0.29) is 5.41 Å². The average molecular weight is 596 g/mol. The fraction of sp³-hybridized carbons (Fsp3) is 0.116. The van der Waals surface area contributed by atoms with Crippen molar-refractivity contribution in [2.75, 3.05) is 4.90 Å². The molecule has 0 N–H and O–H groups in total. The van der Waals surface area contributed by atoms with Gasteiger partial charge in [-0.1, -0.05) is 117 Å². The van der Waals surface area contributed by atoms with Crippen LogP contribution in [-0.4, -0.2) is 0 Å². The molecule has 2 aliphatic rings. The number of allylic oxidation sites excluding steroid dienone is 1. The van der Waals surface area contributed by atoms with E-state index in [0.717, 1.165) is 12.8 Å². The summed E-state index contributed by atoms with van der Waals surface area (Å²) in [6.45, 7) is 4.75. The van der Waals surface area contributed by atoms with Gasteiger partial charge in [-0.05, 0) is 88.2 Å². The Kier molecular flexibility index (Phi) is 5.92. The van der Waals surface area contributed by atoms with Crippen molar-refractivity contribution in [2.45, 2.75) is 32.1 Å². The van der Waals surface area contributed by atoms with Gasteiger partial charge in [0.05, 0.1) is 0 Å². The highest BCUT2D eigenvalue weighted by Gasteiger charge is 2.36. The molecule has 0 amide bonds. The van der Waals surface area contributed by atoms with Crippen LogP contribution in [0.5, 0.6) is 0 Å². The number of rotatable bonds is 4. The van der Waals surface area contributed by atoms with Crippen LogP contribution in [0.4, 0.5) is 11.4 Å². The van der Waals surface area contributed by atoms with E-state index in [4.69, 9.17) is 0 Å². The molecule has 1 nitrogen and oxygen atoms in total. The molecular formula is C43H33NS. The lowest BCUT2D eigenvalue weighted by Gasteiger charge is -2.35. The molecule has 0 saturated heterocycles. The minimum atomic E-state index is -0.0725. The Balaban J connectivity index is 1.33. The van der Waals surface area contributed by atoms with Gasteiger partial charge in [0.15, 0.2) is 0 Å². The van der Waals surface area contributed by atoms with Gasteiger partial charge in [0.1, 0.15) is 0 Å². The summed E-state index contributed by atoms with van der Waals surface area (Å²) in [7, 11) is 0. The zero-order valence-electron chi connectivity index (χ0n) is 25.5. The zero-order chi connectivity index (χ0) is 30.1. The Hall–Kier alpha value is -4.92. The largest absolute Gasteiger partial charge is 0.314 e. The van der Waals surface area contributed by atoms with Crippen molar-refractivity contribution in [3.63, 3.8) is 0 Å². The monoisotopic (exact) mass is 595 g/mol. The van der Waals surface area contributed by atoms with Crippen molar-refractivity contribution in [1.29, 1.82) is 0 Å². The van der Waals surface area contributed by atoms with Crippen molar-refractivity contribution < 1.29 is 0 Å². The molecule has 6 aromatic carbocycles. The molecule has 45 heavy (non-hydrogen) atoms. The zero-order valence-corrected chi connectivity index (χ0v) is 26.4. The van der Waals surface area contributed by atoms with Crippen LogP contribution in [0.1, 0.15) is 48.1 Å². The Morgan fingerprint density at radius 2 is 1.20 bits per heavy atom. The number of anilines is 2. The number of aryl methyl sites for hydroxylation is 1. The van der Waals surface area contributed by atoms with Crippen LogP contribution in [0.3, 0.4) is 0 Å². The molecule has 2 heteroatoms. The highest BCUT2D eigenvalue weighted by Crippen LogP contribution is 2.51. The molecule has 0 atom stereocenters. The summed E-state index contributed by atoms with van der Waals surface area (Å²) in [5, 5.41) is 2.65. The lowest BCUT2D eigenvalue weighted by atomic mass is 9.82. The normalized spacial score (nSPS) is 14.8. The number of nitrogens with zero attached hydrogens (tertiary/aromatic N) is 1. The number of thiophene rings is 1. The summed E-state index contributed by atoms with van der Waals surface area (Å²) < 4.78 is 2.67. The number of benzene rings is 6. The molecule has 0 radical (unpaired) electrons. The Morgan fingerprint density at radius 3 is 2.09 bits per heavy atom. The van der Waals surface area contributed by atoms with E-state index in [1.807, 2.05) is 11.3 Å². The van der Waals surface area contributed by atoms with Crippen LogP contribution in [0.15, 0.2) is 145 Å². The summed E-state index contributed by atoms with van der Waals surface area (Å²) in [6, 6.07) is 52.0. The second-order valence-corrected chi connectivity index (χ2v) is 13.9. The molecule has 9 rings (SSSR count). The van der Waals surface area contributed by atoms with Crippen LogP contribution in [0.2, 0.25) is 0 Å². The number of hydrogen-bond acceptors (Lipinski definition) is 2. The van der Waals surface area contributed by atoms with Gasteiger partial charge < -0.3 is 4.90 Å². The lowest BCUT2D eigenvalue weighted by Crippen LogP contribution is -2.23. The summed E-state index contributed by atoms with van der Waals surface area (Å²) in [5.74, 6) is 0. The minimum Gasteiger partial charge on any atom is -0.314 e. The Morgan fingerprint density at radius 1 is 0.533 bits per heavy atom. The smallest absolute Gasteiger partial charge is 0.0465 e. The lowest BCUT2D eigenvalue weighted by molar-refractivity contribution is 0.660. The van der Waals surface area contributed by atoms with E-state index in [0.29, 0.717) is 0 Å². The van der Waals surface area contributed by atoms with Crippen molar-refractivity contribution in [3.05, 3.63) is 173 Å². The van der Waals surface area contributed by atoms with Gasteiger partial charge in [-0.25, -0.2) is 0 Å². The SMILES string of the molecule is CC1(C)c2ccccc2-c2ccc(N(C3=C(c4ccccc4)c4ccccc4CC3)c3ccc4sc5ccccc5c4c3)cc21. The van der Waals surface area contributed by atoms with Crippen LogP contribution in [0, 0.1) is 0 Å². The molecule has 1 aromatic heterocycles. The van der Waals surface area contributed by atoms with Gasteiger partial charge in [-0.15, -0.1) is 11.3 Å². The topological polar surface area (TPSA) is 3.24 Å². The Bertz CT molecular complexity index is 2300. The maximum absolute atomic E-state index is 2.57. The van der Waals surface area contributed by atoms with E-state index in [9.17, 15) is 0 Å². The van der Waals surface area contributed by atoms with E-state index < -0.39 is 0 Å². The van der Waals surface area contributed by atoms with Crippen molar-refractivity contribution in [2.24, 2.45) is 0 Å². The van der Waals surface area contributed by atoms with Gasteiger partial charge in [0.2, 0.25) is 0 Å². The first-order valence-electron chi connectivity index (χ1n) is 15.9. The molecule has 1 heterocycles. The van der Waals surface area contributed by atoms with Crippen molar-refractivity contribution in [1.82, 2.24) is 0 Å². The highest BCUT2D eigenvalue weighted by molar-refractivity contribution is 7.25. The fourth-order valence-electron chi connectivity index (χ4n) is 7.81. The summed E-state index contributed by atoms with van der Waals surface area (Å²) in [6.07, 6.45) is 1.98. The molecule has 0 unspecified atom stereocenters. The minimum absolute atomic E-state index is 0.0725. The molecular weight excluding hydrogens is 563 g/mol. The summed E-state index contributed by atoms with van der Waals surface area (Å²) in [5.41, 5.74) is 14.6. The molecule has 0 saturated carbocycles. The van der Waals surface area contributed by atoms with E-state index in [1.165, 1.54) is 81.8 Å². The van der Waals surface area contributed by atoms with E-state index in [1.54, 1.807) is 0 Å². The standard InChI is InChI=1S/C43H33NS/c1-43(2)37-18-10-8-16-33(37)34-23-21-31(27-38(34)43)44(30-22-25-41-36(26-30)35-17-9-11-19-40(35)45-41)39-24-20-28-12-6-7-15-32(28)42(39)29-13-4-3-5-14-29/h3-19,21-23,25-27H,20,24H2,1-2H3. The second-order valence-electron chi connectivity index (χ2n) is 12.9. The van der Waals surface area contributed by atoms with Crippen LogP contribution in [-0.2, 0) is 11.8 Å². The fourth-order valence-corrected chi connectivity index (χ4v) is 8.90. The van der Waals surface area contributed by atoms with Crippen molar-refractivity contribution >= 4 is 48.5 Å². The van der Waals surface area contributed by atoms with Gasteiger partial charge in [-0.3, -0.25) is 0 Å². The van der Waals surface area contributed by atoms with E-state index >= 15 is 0 Å². The predicted octanol–water partition coefficient (Wildman–Crippen LogP) is 11.9. The first-order valence-corrected chi connectivity index (χ1v) is 16.7. The maximum atomic E-state index is 2.57. The van der Waals surface area contributed by atoms with Crippen LogP contribution in [0.25, 0.3) is 36.9 Å². The third kappa shape index (κ3) is 4.06. The molecule has 216 valence electrons. The van der Waals surface area contributed by atoms with Crippen molar-refractivity contribution in [3.8, 4) is 11.1 Å². The first kappa shape index (κ1) is 26.5. The van der Waals surface area contributed by atoms with Crippen LogP contribution >= 0.6 is 11.3 Å². The quantitative estimate of drug-likeness (QED) is 0.196. The molecule has 0 aliphatic heterocycles. The summed E-state index contributed by atoms with van der Waals surface area (Å²) in [4.78, 5) is 2.57. The van der Waals surface area contributed by atoms with Gasteiger partial charge in [0.25, 0.3) is 0 Å². The second kappa shape index (κ2) is 10.1. The van der Waals surface area contributed by atoms with Crippen LogP contribution < -0.4 is 4.90 Å². The Labute approximate surface area is 268 Å². The number of hydrogen-bond donors (Lipinski definition) is 0. The van der Waals surface area contributed by atoms with Gasteiger partial charge in [-0.2, -0.15) is 0 Å². The average Bonchev–Trinajstić information content (AvgIpc) is 3.57. The molecule has 7 aromatic rings. The summed E-state index contributed by atoms with van der Waals surface area (Å²) >= 11 is 1.88. The third-order valence-electron chi connectivity index (χ3n) is 9.98. The van der Waals surface area contributed by atoms with E-state index in [2.05, 4.69) is 158 Å².